The highest BCUT2D eigenvalue weighted by atomic mass is 15.3. The first-order chi connectivity index (χ1) is 10.3. The Labute approximate surface area is 124 Å². The maximum absolute atomic E-state index is 4.67. The molecular formula is C17H18N4. The summed E-state index contributed by atoms with van der Waals surface area (Å²) >= 11 is 0. The summed E-state index contributed by atoms with van der Waals surface area (Å²) in [5.41, 5.74) is 3.42. The van der Waals surface area contributed by atoms with Gasteiger partial charge in [0.1, 0.15) is 5.82 Å². The maximum Gasteiger partial charge on any atom is 0.112 e. The van der Waals surface area contributed by atoms with E-state index < -0.39 is 0 Å². The summed E-state index contributed by atoms with van der Waals surface area (Å²) in [6.45, 7) is 2.89. The molecule has 0 bridgehead atoms. The van der Waals surface area contributed by atoms with Crippen molar-refractivity contribution in [2.45, 2.75) is 32.2 Å². The number of aromatic nitrogens is 4. The van der Waals surface area contributed by atoms with Crippen molar-refractivity contribution in [1.82, 2.24) is 19.3 Å². The highest BCUT2D eigenvalue weighted by Crippen LogP contribution is 2.39. The number of hydrogen-bond acceptors (Lipinski definition) is 2. The van der Waals surface area contributed by atoms with Gasteiger partial charge in [-0.05, 0) is 38.0 Å². The minimum atomic E-state index is 0.666. The molecule has 3 aromatic rings. The SMILES string of the molecule is Cc1ccc(-n2ccc(Cn3ccnc3C3CC3)n2)cc1. The standard InChI is InChI=1S/C17H18N4/c1-13-2-6-16(7-3-13)21-10-8-15(19-21)12-20-11-9-18-17(20)14-4-5-14/h2-3,6-11,14H,4-5,12H2,1H3. The van der Waals surface area contributed by atoms with Crippen LogP contribution in [0.1, 0.15) is 35.8 Å². The number of rotatable bonds is 4. The second-order valence-electron chi connectivity index (χ2n) is 5.77. The topological polar surface area (TPSA) is 35.6 Å². The Balaban J connectivity index is 1.56. The lowest BCUT2D eigenvalue weighted by Gasteiger charge is -2.05. The summed E-state index contributed by atoms with van der Waals surface area (Å²) in [4.78, 5) is 4.48. The van der Waals surface area contributed by atoms with Crippen LogP contribution in [0.25, 0.3) is 5.69 Å². The zero-order valence-corrected chi connectivity index (χ0v) is 12.1. The molecule has 0 saturated heterocycles. The zero-order chi connectivity index (χ0) is 14.2. The predicted octanol–water partition coefficient (Wildman–Crippen LogP) is 3.30. The Morgan fingerprint density at radius 2 is 1.90 bits per heavy atom. The number of hydrogen-bond donors (Lipinski definition) is 0. The first kappa shape index (κ1) is 12.4. The van der Waals surface area contributed by atoms with Gasteiger partial charge in [-0.2, -0.15) is 5.10 Å². The first-order valence-electron chi connectivity index (χ1n) is 7.42. The molecule has 4 heteroatoms. The molecule has 0 amide bonds. The summed E-state index contributed by atoms with van der Waals surface area (Å²) in [5.74, 6) is 1.87. The van der Waals surface area contributed by atoms with Crippen molar-refractivity contribution in [3.8, 4) is 5.69 Å². The Hall–Kier alpha value is -2.36. The Morgan fingerprint density at radius 3 is 2.67 bits per heavy atom. The van der Waals surface area contributed by atoms with Gasteiger partial charge < -0.3 is 4.57 Å². The van der Waals surface area contributed by atoms with Crippen molar-refractivity contribution >= 4 is 0 Å². The fourth-order valence-electron chi connectivity index (χ4n) is 2.62. The van der Waals surface area contributed by atoms with Crippen molar-refractivity contribution in [2.75, 3.05) is 0 Å². The molecule has 4 nitrogen and oxygen atoms in total. The lowest BCUT2D eigenvalue weighted by atomic mass is 10.2. The molecule has 1 fully saturated rings. The van der Waals surface area contributed by atoms with E-state index in [1.807, 2.05) is 17.1 Å². The van der Waals surface area contributed by atoms with E-state index in [4.69, 9.17) is 0 Å². The lowest BCUT2D eigenvalue weighted by Crippen LogP contribution is -2.05. The van der Waals surface area contributed by atoms with Crippen LogP contribution in [0.5, 0.6) is 0 Å². The van der Waals surface area contributed by atoms with Crippen LogP contribution >= 0.6 is 0 Å². The molecule has 106 valence electrons. The van der Waals surface area contributed by atoms with E-state index in [1.165, 1.54) is 24.2 Å². The van der Waals surface area contributed by atoms with Crippen molar-refractivity contribution in [3.63, 3.8) is 0 Å². The second-order valence-corrected chi connectivity index (χ2v) is 5.77. The maximum atomic E-state index is 4.67. The Morgan fingerprint density at radius 1 is 1.10 bits per heavy atom. The van der Waals surface area contributed by atoms with E-state index in [0.717, 1.165) is 17.9 Å². The van der Waals surface area contributed by atoms with Gasteiger partial charge in [0, 0.05) is 24.5 Å². The summed E-state index contributed by atoms with van der Waals surface area (Å²) < 4.78 is 4.15. The predicted molar refractivity (Wildman–Crippen MR) is 81.6 cm³/mol. The first-order valence-corrected chi connectivity index (χ1v) is 7.42. The Kier molecular flexibility index (Phi) is 2.88. The fourth-order valence-corrected chi connectivity index (χ4v) is 2.62. The fraction of sp³-hybridized carbons (Fsp3) is 0.294. The average molecular weight is 278 g/mol. The molecule has 4 rings (SSSR count). The normalized spacial score (nSPS) is 14.5. The summed E-state index contributed by atoms with van der Waals surface area (Å²) in [5, 5.41) is 4.67. The molecule has 0 N–H and O–H groups in total. The van der Waals surface area contributed by atoms with Crippen molar-refractivity contribution < 1.29 is 0 Å². The van der Waals surface area contributed by atoms with Crippen LogP contribution in [0.15, 0.2) is 48.9 Å². The van der Waals surface area contributed by atoms with E-state index >= 15 is 0 Å². The number of benzene rings is 1. The van der Waals surface area contributed by atoms with Crippen LogP contribution in [0.4, 0.5) is 0 Å². The van der Waals surface area contributed by atoms with E-state index in [0.29, 0.717) is 5.92 Å². The molecule has 21 heavy (non-hydrogen) atoms. The monoisotopic (exact) mass is 278 g/mol. The minimum absolute atomic E-state index is 0.666. The number of imidazole rings is 1. The van der Waals surface area contributed by atoms with Crippen LogP contribution < -0.4 is 0 Å². The summed E-state index contributed by atoms with van der Waals surface area (Å²) in [6.07, 6.45) is 8.51. The van der Waals surface area contributed by atoms with Gasteiger partial charge in [0.15, 0.2) is 0 Å². The largest absolute Gasteiger partial charge is 0.329 e. The average Bonchev–Trinajstić information content (AvgIpc) is 3.05. The molecule has 0 aliphatic heterocycles. The van der Waals surface area contributed by atoms with E-state index in [2.05, 4.69) is 58.1 Å². The third kappa shape index (κ3) is 2.49. The molecule has 0 spiro atoms. The van der Waals surface area contributed by atoms with E-state index in [-0.39, 0.29) is 0 Å². The van der Waals surface area contributed by atoms with Gasteiger partial charge in [0.25, 0.3) is 0 Å². The van der Waals surface area contributed by atoms with Gasteiger partial charge in [-0.25, -0.2) is 9.67 Å². The van der Waals surface area contributed by atoms with Crippen molar-refractivity contribution in [1.29, 1.82) is 0 Å². The zero-order valence-electron chi connectivity index (χ0n) is 12.1. The van der Waals surface area contributed by atoms with Gasteiger partial charge in [0.2, 0.25) is 0 Å². The van der Waals surface area contributed by atoms with Gasteiger partial charge in [0.05, 0.1) is 17.9 Å². The summed E-state index contributed by atoms with van der Waals surface area (Å²) in [7, 11) is 0. The molecule has 1 aliphatic carbocycles. The second kappa shape index (κ2) is 4.88. The molecule has 1 aromatic carbocycles. The summed E-state index contributed by atoms with van der Waals surface area (Å²) in [6, 6.07) is 10.5. The smallest absolute Gasteiger partial charge is 0.112 e. The van der Waals surface area contributed by atoms with Crippen LogP contribution in [0.2, 0.25) is 0 Å². The van der Waals surface area contributed by atoms with Gasteiger partial charge in [-0.3, -0.25) is 0 Å². The van der Waals surface area contributed by atoms with Gasteiger partial charge >= 0.3 is 0 Å². The molecule has 1 saturated carbocycles. The lowest BCUT2D eigenvalue weighted by molar-refractivity contribution is 0.698. The third-order valence-electron chi connectivity index (χ3n) is 3.97. The van der Waals surface area contributed by atoms with Crippen molar-refractivity contribution in [2.24, 2.45) is 0 Å². The molecule has 0 radical (unpaired) electrons. The molecule has 1 aliphatic rings. The Bertz CT molecular complexity index is 747. The van der Waals surface area contributed by atoms with Crippen molar-refractivity contribution in [3.05, 3.63) is 66.0 Å². The highest BCUT2D eigenvalue weighted by molar-refractivity contribution is 5.33. The highest BCUT2D eigenvalue weighted by Gasteiger charge is 2.27. The third-order valence-corrected chi connectivity index (χ3v) is 3.97. The van der Waals surface area contributed by atoms with Gasteiger partial charge in [-0.1, -0.05) is 17.7 Å². The minimum Gasteiger partial charge on any atom is -0.329 e. The van der Waals surface area contributed by atoms with Crippen LogP contribution in [0, 0.1) is 6.92 Å². The molecular weight excluding hydrogens is 260 g/mol. The van der Waals surface area contributed by atoms with Crippen LogP contribution in [-0.4, -0.2) is 19.3 Å². The molecule has 2 aromatic heterocycles. The van der Waals surface area contributed by atoms with Crippen LogP contribution in [0.3, 0.4) is 0 Å². The molecule has 0 atom stereocenters. The number of nitrogens with zero attached hydrogens (tertiary/aromatic N) is 4. The van der Waals surface area contributed by atoms with Crippen LogP contribution in [-0.2, 0) is 6.54 Å². The van der Waals surface area contributed by atoms with Gasteiger partial charge in [-0.15, -0.1) is 0 Å². The molecule has 0 unspecified atom stereocenters. The van der Waals surface area contributed by atoms with E-state index in [1.54, 1.807) is 0 Å². The van der Waals surface area contributed by atoms with E-state index in [9.17, 15) is 0 Å². The number of aryl methyl sites for hydroxylation is 1. The quantitative estimate of drug-likeness (QED) is 0.734. The molecule has 2 heterocycles.